The summed E-state index contributed by atoms with van der Waals surface area (Å²) >= 11 is 0. The highest BCUT2D eigenvalue weighted by molar-refractivity contribution is 7.90. The Hall–Kier alpha value is -2.87. The molecule has 0 atom stereocenters. The van der Waals surface area contributed by atoms with Crippen molar-refractivity contribution in [2.45, 2.75) is 17.7 Å². The van der Waals surface area contributed by atoms with Gasteiger partial charge in [-0.1, -0.05) is 24.3 Å². The van der Waals surface area contributed by atoms with Gasteiger partial charge in [0.25, 0.3) is 15.9 Å². The Bertz CT molecular complexity index is 972. The van der Waals surface area contributed by atoms with E-state index >= 15 is 0 Å². The van der Waals surface area contributed by atoms with Crippen LogP contribution in [0.2, 0.25) is 0 Å². The van der Waals surface area contributed by atoms with E-state index in [0.717, 1.165) is 17.7 Å². The average molecular weight is 388 g/mol. The molecule has 142 valence electrons. The Balaban J connectivity index is 1.52. The first-order chi connectivity index (χ1) is 12.9. The van der Waals surface area contributed by atoms with Gasteiger partial charge in [-0.25, -0.2) is 12.7 Å². The van der Waals surface area contributed by atoms with E-state index in [1.165, 1.54) is 12.1 Å². The molecule has 0 spiro atoms. The van der Waals surface area contributed by atoms with Crippen molar-refractivity contribution in [3.63, 3.8) is 0 Å². The van der Waals surface area contributed by atoms with Gasteiger partial charge >= 0.3 is 0 Å². The highest BCUT2D eigenvalue weighted by Crippen LogP contribution is 2.29. The summed E-state index contributed by atoms with van der Waals surface area (Å²) in [7, 11) is -2.36. The maximum absolute atomic E-state index is 12.4. The summed E-state index contributed by atoms with van der Waals surface area (Å²) in [5.41, 5.74) is 1.18. The molecule has 27 heavy (non-hydrogen) atoms. The van der Waals surface area contributed by atoms with E-state index < -0.39 is 28.4 Å². The van der Waals surface area contributed by atoms with Crippen LogP contribution in [-0.4, -0.2) is 44.7 Å². The number of rotatable bonds is 7. The third-order valence-electron chi connectivity index (χ3n) is 4.30. The normalized spacial score (nSPS) is 14.7. The molecule has 0 aromatic heterocycles. The third-order valence-corrected chi connectivity index (χ3v) is 6.08. The fourth-order valence-corrected chi connectivity index (χ4v) is 4.45. The predicted octanol–water partition coefficient (Wildman–Crippen LogP) is 1.59. The highest BCUT2D eigenvalue weighted by Gasteiger charge is 2.41. The molecule has 1 N–H and O–H groups in total. The van der Waals surface area contributed by atoms with Crippen LogP contribution in [0.3, 0.4) is 0 Å². The minimum atomic E-state index is -3.96. The molecule has 7 nitrogen and oxygen atoms in total. The van der Waals surface area contributed by atoms with Crippen LogP contribution in [0.15, 0.2) is 53.4 Å². The van der Waals surface area contributed by atoms with E-state index in [9.17, 15) is 18.0 Å². The van der Waals surface area contributed by atoms with Gasteiger partial charge in [0, 0.05) is 6.54 Å². The lowest BCUT2D eigenvalue weighted by molar-refractivity contribution is -0.121. The van der Waals surface area contributed by atoms with Crippen LogP contribution in [0.1, 0.15) is 22.3 Å². The maximum atomic E-state index is 12.4. The smallest absolute Gasteiger partial charge is 0.269 e. The van der Waals surface area contributed by atoms with Crippen molar-refractivity contribution in [1.29, 1.82) is 0 Å². The maximum Gasteiger partial charge on any atom is 0.269 e. The summed E-state index contributed by atoms with van der Waals surface area (Å²) in [6.07, 6.45) is 1.42. The molecule has 0 bridgehead atoms. The lowest BCUT2D eigenvalue weighted by Gasteiger charge is -2.14. The molecule has 1 aliphatic rings. The fraction of sp³-hybridized carbons (Fsp3) is 0.263. The number of aryl methyl sites for hydroxylation is 1. The average Bonchev–Trinajstić information content (AvgIpc) is 2.86. The van der Waals surface area contributed by atoms with Gasteiger partial charge in [0.2, 0.25) is 5.91 Å². The van der Waals surface area contributed by atoms with Gasteiger partial charge in [0.05, 0.1) is 12.7 Å². The van der Waals surface area contributed by atoms with E-state index in [4.69, 9.17) is 4.74 Å². The van der Waals surface area contributed by atoms with Gasteiger partial charge in [-0.05, 0) is 42.7 Å². The Morgan fingerprint density at radius 2 is 1.93 bits per heavy atom. The first kappa shape index (κ1) is 18.9. The number of carbonyl (C=O) groups is 2. The Labute approximate surface area is 158 Å². The molecule has 0 aliphatic carbocycles. The number of methoxy groups -OCH3 is 1. The zero-order chi connectivity index (χ0) is 19.4. The molecular formula is C19H20N2O5S. The monoisotopic (exact) mass is 388 g/mol. The lowest BCUT2D eigenvalue weighted by Crippen LogP contribution is -2.40. The predicted molar refractivity (Wildman–Crippen MR) is 99.0 cm³/mol. The van der Waals surface area contributed by atoms with E-state index in [-0.39, 0.29) is 10.5 Å². The first-order valence-corrected chi connectivity index (χ1v) is 9.93. The minimum absolute atomic E-state index is 0.0548. The molecule has 0 radical (unpaired) electrons. The second-order valence-corrected chi connectivity index (χ2v) is 7.95. The van der Waals surface area contributed by atoms with Crippen LogP contribution in [0.5, 0.6) is 5.75 Å². The minimum Gasteiger partial charge on any atom is -0.497 e. The zero-order valence-corrected chi connectivity index (χ0v) is 15.7. The van der Waals surface area contributed by atoms with Gasteiger partial charge in [-0.15, -0.1) is 0 Å². The quantitative estimate of drug-likeness (QED) is 0.727. The van der Waals surface area contributed by atoms with E-state index in [2.05, 4.69) is 5.32 Å². The van der Waals surface area contributed by atoms with Crippen LogP contribution in [-0.2, 0) is 21.2 Å². The van der Waals surface area contributed by atoms with Crippen molar-refractivity contribution >= 4 is 21.8 Å². The summed E-state index contributed by atoms with van der Waals surface area (Å²) in [6, 6.07) is 13.6. The number of hydrogen-bond donors (Lipinski definition) is 1. The number of hydrogen-bond acceptors (Lipinski definition) is 5. The number of nitrogens with zero attached hydrogens (tertiary/aromatic N) is 1. The number of carbonyl (C=O) groups excluding carboxylic acids is 2. The molecule has 0 fully saturated rings. The fourth-order valence-electron chi connectivity index (χ4n) is 2.92. The Morgan fingerprint density at radius 3 is 2.67 bits per heavy atom. The number of sulfonamides is 1. The Kier molecular flexibility index (Phi) is 5.46. The van der Waals surface area contributed by atoms with E-state index in [0.29, 0.717) is 17.3 Å². The van der Waals surface area contributed by atoms with Crippen molar-refractivity contribution < 1.29 is 22.7 Å². The molecule has 0 saturated carbocycles. The topological polar surface area (TPSA) is 92.8 Å². The third kappa shape index (κ3) is 3.95. The first-order valence-electron chi connectivity index (χ1n) is 8.49. The van der Waals surface area contributed by atoms with Crippen LogP contribution < -0.4 is 10.1 Å². The van der Waals surface area contributed by atoms with Crippen LogP contribution in [0, 0.1) is 0 Å². The van der Waals surface area contributed by atoms with Crippen LogP contribution in [0.4, 0.5) is 0 Å². The number of nitrogens with one attached hydrogen (secondary N) is 1. The van der Waals surface area contributed by atoms with Crippen molar-refractivity contribution in [2.24, 2.45) is 0 Å². The van der Waals surface area contributed by atoms with Crippen LogP contribution in [0.25, 0.3) is 0 Å². The summed E-state index contributed by atoms with van der Waals surface area (Å²) in [5, 5.41) is 2.66. The van der Waals surface area contributed by atoms with Crippen LogP contribution >= 0.6 is 0 Å². The SMILES string of the molecule is COc1cccc(CCCNC(=O)CN2C(=O)c3ccccc3S2(=O)=O)c1. The number of amides is 2. The standard InChI is InChI=1S/C19H20N2O5S/c1-26-15-8-4-6-14(12-15)7-5-11-20-18(22)13-21-19(23)16-9-2-3-10-17(16)27(21,24)25/h2-4,6,8-10,12H,5,7,11,13H2,1H3,(H,20,22). The van der Waals surface area contributed by atoms with Gasteiger partial charge in [-0.2, -0.15) is 0 Å². The van der Waals surface area contributed by atoms with Gasteiger partial charge < -0.3 is 10.1 Å². The highest BCUT2D eigenvalue weighted by atomic mass is 32.2. The summed E-state index contributed by atoms with van der Waals surface area (Å²) in [4.78, 5) is 24.3. The zero-order valence-electron chi connectivity index (χ0n) is 14.8. The molecule has 0 unspecified atom stereocenters. The molecule has 0 saturated heterocycles. The summed E-state index contributed by atoms with van der Waals surface area (Å²) in [5.74, 6) is -0.406. The van der Waals surface area contributed by atoms with Gasteiger partial charge in [0.15, 0.2) is 0 Å². The van der Waals surface area contributed by atoms with Gasteiger partial charge in [0.1, 0.15) is 17.2 Å². The molecular weight excluding hydrogens is 368 g/mol. The van der Waals surface area contributed by atoms with Crippen molar-refractivity contribution in [1.82, 2.24) is 9.62 Å². The largest absolute Gasteiger partial charge is 0.497 e. The number of fused-ring (bicyclic) bond motifs is 1. The number of ether oxygens (including phenoxy) is 1. The second-order valence-electron chi connectivity index (χ2n) is 6.12. The lowest BCUT2D eigenvalue weighted by atomic mass is 10.1. The molecule has 2 aromatic rings. The van der Waals surface area contributed by atoms with Gasteiger partial charge in [-0.3, -0.25) is 9.59 Å². The van der Waals surface area contributed by atoms with Crippen molar-refractivity contribution in [3.05, 3.63) is 59.7 Å². The molecule has 1 heterocycles. The summed E-state index contributed by atoms with van der Waals surface area (Å²) < 4.78 is 30.6. The molecule has 8 heteroatoms. The molecule has 2 aromatic carbocycles. The molecule has 1 aliphatic heterocycles. The number of benzene rings is 2. The Morgan fingerprint density at radius 1 is 1.15 bits per heavy atom. The van der Waals surface area contributed by atoms with Crippen molar-refractivity contribution in [3.8, 4) is 5.75 Å². The molecule has 2 amide bonds. The second kappa shape index (κ2) is 7.79. The summed E-state index contributed by atoms with van der Waals surface area (Å²) in [6.45, 7) is -0.139. The van der Waals surface area contributed by atoms with E-state index in [1.807, 2.05) is 24.3 Å². The molecule has 3 rings (SSSR count). The van der Waals surface area contributed by atoms with Crippen molar-refractivity contribution in [2.75, 3.05) is 20.2 Å². The van der Waals surface area contributed by atoms with E-state index in [1.54, 1.807) is 19.2 Å².